The van der Waals surface area contributed by atoms with Crippen molar-refractivity contribution in [2.24, 2.45) is 0 Å². The highest BCUT2D eigenvalue weighted by atomic mass is 19.1. The average molecular weight is 305 g/mol. The Kier molecular flexibility index (Phi) is 4.60. The molecule has 3 rings (SSSR count). The maximum atomic E-state index is 12.7. The topological polar surface area (TPSA) is 58.4 Å². The Labute approximate surface area is 127 Å². The molecule has 0 bridgehead atoms. The van der Waals surface area contributed by atoms with Crippen molar-refractivity contribution in [3.8, 4) is 0 Å². The van der Waals surface area contributed by atoms with E-state index < -0.39 is 0 Å². The SMILES string of the molecule is CN1C(=O)Cc2cc(F)ccc21.CNc1ccc(F)cc1N. The lowest BCUT2D eigenvalue weighted by Gasteiger charge is -2.08. The molecule has 6 heteroatoms. The number of nitrogens with zero attached hydrogens (tertiary/aromatic N) is 1. The van der Waals surface area contributed by atoms with Gasteiger partial charge in [0.25, 0.3) is 0 Å². The summed E-state index contributed by atoms with van der Waals surface area (Å²) in [5, 5.41) is 2.83. The summed E-state index contributed by atoms with van der Waals surface area (Å²) >= 11 is 0. The third kappa shape index (κ3) is 3.33. The van der Waals surface area contributed by atoms with Gasteiger partial charge in [-0.05, 0) is 42.0 Å². The second-order valence-electron chi connectivity index (χ2n) is 4.88. The van der Waals surface area contributed by atoms with Gasteiger partial charge >= 0.3 is 0 Å². The first-order valence-corrected chi connectivity index (χ1v) is 6.70. The largest absolute Gasteiger partial charge is 0.397 e. The van der Waals surface area contributed by atoms with Crippen molar-refractivity contribution in [1.29, 1.82) is 0 Å². The minimum atomic E-state index is -0.309. The number of anilines is 3. The maximum Gasteiger partial charge on any atom is 0.231 e. The molecule has 0 atom stereocenters. The summed E-state index contributed by atoms with van der Waals surface area (Å²) in [5.74, 6) is -0.566. The fourth-order valence-electron chi connectivity index (χ4n) is 2.20. The average Bonchev–Trinajstić information content (AvgIpc) is 2.74. The standard InChI is InChI=1S/C9H8FNO.C7H9FN2/c1-11-8-3-2-7(10)4-6(8)5-9(11)12;1-10-7-3-2-5(8)4-6(7)9/h2-4H,5H2,1H3;2-4,10H,9H2,1H3. The molecule has 0 fully saturated rings. The van der Waals surface area contributed by atoms with Crippen LogP contribution in [-0.2, 0) is 11.2 Å². The number of nitrogens with two attached hydrogens (primary N) is 1. The van der Waals surface area contributed by atoms with E-state index in [9.17, 15) is 13.6 Å². The number of halogens is 2. The van der Waals surface area contributed by atoms with E-state index in [1.165, 1.54) is 24.3 Å². The summed E-state index contributed by atoms with van der Waals surface area (Å²) in [7, 11) is 3.44. The highest BCUT2D eigenvalue weighted by molar-refractivity contribution is 6.00. The zero-order chi connectivity index (χ0) is 16.3. The number of likely N-dealkylation sites (N-methyl/N-ethyl adjacent to an activating group) is 1. The minimum absolute atomic E-state index is 0.0237. The Hall–Kier alpha value is -2.63. The second kappa shape index (κ2) is 6.43. The number of nitrogen functional groups attached to an aromatic ring is 1. The summed E-state index contributed by atoms with van der Waals surface area (Å²) in [5.41, 5.74) is 8.21. The Balaban J connectivity index is 0.000000164. The smallest absolute Gasteiger partial charge is 0.231 e. The molecule has 0 saturated heterocycles. The van der Waals surface area contributed by atoms with Crippen molar-refractivity contribution < 1.29 is 13.6 Å². The highest BCUT2D eigenvalue weighted by Gasteiger charge is 2.23. The zero-order valence-corrected chi connectivity index (χ0v) is 12.4. The molecule has 1 aliphatic rings. The molecule has 0 aliphatic carbocycles. The fourth-order valence-corrected chi connectivity index (χ4v) is 2.20. The lowest BCUT2D eigenvalue weighted by Crippen LogP contribution is -2.20. The first kappa shape index (κ1) is 15.8. The molecular formula is C16H17F2N3O. The quantitative estimate of drug-likeness (QED) is 0.797. The maximum absolute atomic E-state index is 12.7. The van der Waals surface area contributed by atoms with Crippen molar-refractivity contribution in [2.75, 3.05) is 30.0 Å². The van der Waals surface area contributed by atoms with Gasteiger partial charge in [0.05, 0.1) is 17.8 Å². The van der Waals surface area contributed by atoms with Crippen molar-refractivity contribution >= 4 is 23.0 Å². The molecule has 1 amide bonds. The number of fused-ring (bicyclic) bond motifs is 1. The number of nitrogens with one attached hydrogen (secondary N) is 1. The van der Waals surface area contributed by atoms with Crippen LogP contribution in [0, 0.1) is 11.6 Å². The molecule has 0 unspecified atom stereocenters. The van der Waals surface area contributed by atoms with Crippen molar-refractivity contribution in [2.45, 2.75) is 6.42 Å². The van der Waals surface area contributed by atoms with Crippen molar-refractivity contribution in [3.63, 3.8) is 0 Å². The van der Waals surface area contributed by atoms with Crippen LogP contribution < -0.4 is 16.0 Å². The van der Waals surface area contributed by atoms with Crippen LogP contribution in [0.25, 0.3) is 0 Å². The van der Waals surface area contributed by atoms with Gasteiger partial charge in [-0.3, -0.25) is 4.79 Å². The molecule has 0 radical (unpaired) electrons. The van der Waals surface area contributed by atoms with Gasteiger partial charge in [0.1, 0.15) is 11.6 Å². The number of benzene rings is 2. The van der Waals surface area contributed by atoms with E-state index in [1.807, 2.05) is 0 Å². The van der Waals surface area contributed by atoms with Crippen LogP contribution in [0.4, 0.5) is 25.8 Å². The van der Waals surface area contributed by atoms with Crippen molar-refractivity contribution in [1.82, 2.24) is 0 Å². The Morgan fingerprint density at radius 2 is 1.77 bits per heavy atom. The van der Waals surface area contributed by atoms with Gasteiger partial charge in [-0.2, -0.15) is 0 Å². The molecule has 116 valence electrons. The van der Waals surface area contributed by atoms with E-state index >= 15 is 0 Å². The second-order valence-corrected chi connectivity index (χ2v) is 4.88. The van der Waals surface area contributed by atoms with Crippen molar-refractivity contribution in [3.05, 3.63) is 53.6 Å². The first-order chi connectivity index (χ1) is 10.4. The molecule has 0 spiro atoms. The summed E-state index contributed by atoms with van der Waals surface area (Å²) in [6, 6.07) is 8.67. The van der Waals surface area contributed by atoms with Gasteiger partial charge in [0.15, 0.2) is 0 Å². The molecule has 0 aromatic heterocycles. The van der Waals surface area contributed by atoms with Gasteiger partial charge in [-0.1, -0.05) is 0 Å². The molecule has 2 aromatic rings. The van der Waals surface area contributed by atoms with Crippen LogP contribution in [-0.4, -0.2) is 20.0 Å². The number of rotatable bonds is 1. The number of carbonyl (C=O) groups is 1. The van der Waals surface area contributed by atoms with E-state index in [2.05, 4.69) is 5.32 Å². The summed E-state index contributed by atoms with van der Waals surface area (Å²) in [6.07, 6.45) is 0.323. The predicted octanol–water partition coefficient (Wildman–Crippen LogP) is 2.79. The van der Waals surface area contributed by atoms with Crippen LogP contribution >= 0.6 is 0 Å². The van der Waals surface area contributed by atoms with E-state index in [0.717, 1.165) is 16.9 Å². The van der Waals surface area contributed by atoms with Gasteiger partial charge in [-0.15, -0.1) is 0 Å². The Morgan fingerprint density at radius 3 is 2.41 bits per heavy atom. The predicted molar refractivity (Wildman–Crippen MR) is 83.9 cm³/mol. The summed E-state index contributed by atoms with van der Waals surface area (Å²) in [4.78, 5) is 12.7. The van der Waals surface area contributed by atoms with Gasteiger partial charge in [-0.25, -0.2) is 8.78 Å². The van der Waals surface area contributed by atoms with Crippen LogP contribution in [0.2, 0.25) is 0 Å². The van der Waals surface area contributed by atoms with Gasteiger partial charge in [0, 0.05) is 19.8 Å². The summed E-state index contributed by atoms with van der Waals surface area (Å²) < 4.78 is 25.1. The number of hydrogen-bond donors (Lipinski definition) is 2. The molecule has 1 heterocycles. The lowest BCUT2D eigenvalue weighted by atomic mass is 10.2. The lowest BCUT2D eigenvalue weighted by molar-refractivity contribution is -0.117. The van der Waals surface area contributed by atoms with E-state index in [4.69, 9.17) is 5.73 Å². The highest BCUT2D eigenvalue weighted by Crippen LogP contribution is 2.27. The molecule has 4 nitrogen and oxygen atoms in total. The van der Waals surface area contributed by atoms with Crippen LogP contribution in [0.5, 0.6) is 0 Å². The third-order valence-electron chi connectivity index (χ3n) is 3.40. The third-order valence-corrected chi connectivity index (χ3v) is 3.40. The molecule has 1 aliphatic heterocycles. The Morgan fingerprint density at radius 1 is 1.14 bits per heavy atom. The van der Waals surface area contributed by atoms with Crippen LogP contribution in [0.3, 0.4) is 0 Å². The van der Waals surface area contributed by atoms with Gasteiger partial charge in [0.2, 0.25) is 5.91 Å². The minimum Gasteiger partial charge on any atom is -0.397 e. The monoisotopic (exact) mass is 305 g/mol. The van der Waals surface area contributed by atoms with Gasteiger partial charge < -0.3 is 16.0 Å². The normalized spacial score (nSPS) is 12.5. The van der Waals surface area contributed by atoms with E-state index in [0.29, 0.717) is 12.1 Å². The van der Waals surface area contributed by atoms with E-state index in [1.54, 1.807) is 31.1 Å². The molecular weight excluding hydrogens is 288 g/mol. The summed E-state index contributed by atoms with van der Waals surface area (Å²) in [6.45, 7) is 0. The Bertz CT molecular complexity index is 704. The number of amides is 1. The molecule has 0 saturated carbocycles. The molecule has 22 heavy (non-hydrogen) atoms. The fraction of sp³-hybridized carbons (Fsp3) is 0.188. The number of carbonyl (C=O) groups excluding carboxylic acids is 1. The van der Waals surface area contributed by atoms with Crippen LogP contribution in [0.15, 0.2) is 36.4 Å². The number of hydrogen-bond acceptors (Lipinski definition) is 3. The molecule has 3 N–H and O–H groups in total. The van der Waals surface area contributed by atoms with Crippen LogP contribution in [0.1, 0.15) is 5.56 Å². The zero-order valence-electron chi connectivity index (χ0n) is 12.4. The van der Waals surface area contributed by atoms with E-state index in [-0.39, 0.29) is 17.5 Å². The molecule has 2 aromatic carbocycles. The first-order valence-electron chi connectivity index (χ1n) is 6.70.